The zero-order chi connectivity index (χ0) is 27.6. The molecule has 38 heavy (non-hydrogen) atoms. The first-order valence-electron chi connectivity index (χ1n) is 11.3. The fraction of sp³-hybridized carbons (Fsp3) is 0.320. The second-order valence-electron chi connectivity index (χ2n) is 8.41. The van der Waals surface area contributed by atoms with E-state index in [4.69, 9.17) is 28.5 Å². The summed E-state index contributed by atoms with van der Waals surface area (Å²) in [6.45, 7) is -0.636. The number of aliphatic carboxylic acids is 1. The van der Waals surface area contributed by atoms with Crippen molar-refractivity contribution >= 4 is 22.9 Å². The summed E-state index contributed by atoms with van der Waals surface area (Å²) in [5, 5.41) is 49.8. The van der Waals surface area contributed by atoms with Gasteiger partial charge in [0, 0.05) is 12.1 Å². The maximum atomic E-state index is 13.1. The van der Waals surface area contributed by atoms with Crippen molar-refractivity contribution in [1.82, 2.24) is 0 Å². The van der Waals surface area contributed by atoms with Crippen molar-refractivity contribution in [3.63, 3.8) is 0 Å². The first-order valence-corrected chi connectivity index (χ1v) is 11.3. The zero-order valence-corrected chi connectivity index (χ0v) is 19.8. The van der Waals surface area contributed by atoms with Gasteiger partial charge in [0.05, 0.1) is 12.7 Å². The summed E-state index contributed by atoms with van der Waals surface area (Å²) < 4.78 is 26.4. The summed E-state index contributed by atoms with van der Waals surface area (Å²) in [7, 11) is 1.51. The molecule has 5 N–H and O–H groups in total. The number of esters is 1. The van der Waals surface area contributed by atoms with Crippen LogP contribution in [0.3, 0.4) is 0 Å². The highest BCUT2D eigenvalue weighted by molar-refractivity contribution is 5.90. The molecule has 1 saturated heterocycles. The number of fused-ring (bicyclic) bond motifs is 1. The third kappa shape index (κ3) is 5.55. The molecule has 13 heteroatoms. The number of aliphatic hydroxyl groups is 3. The molecule has 3 aromatic rings. The molecule has 202 valence electrons. The Labute approximate surface area is 214 Å². The predicted molar refractivity (Wildman–Crippen MR) is 127 cm³/mol. The van der Waals surface area contributed by atoms with E-state index in [9.17, 15) is 34.8 Å². The van der Waals surface area contributed by atoms with Crippen molar-refractivity contribution in [1.29, 1.82) is 0 Å². The van der Waals surface area contributed by atoms with Crippen LogP contribution >= 0.6 is 0 Å². The molecule has 0 amide bonds. The number of methoxy groups -OCH3 is 1. The summed E-state index contributed by atoms with van der Waals surface area (Å²) in [6, 6.07) is 8.97. The first-order chi connectivity index (χ1) is 18.1. The van der Waals surface area contributed by atoms with E-state index in [0.29, 0.717) is 11.3 Å². The molecule has 1 aliphatic rings. The van der Waals surface area contributed by atoms with E-state index in [0.717, 1.165) is 6.07 Å². The largest absolute Gasteiger partial charge is 0.507 e. The van der Waals surface area contributed by atoms with Crippen LogP contribution in [0.15, 0.2) is 51.9 Å². The number of carbonyl (C=O) groups excluding carboxylic acids is 1. The van der Waals surface area contributed by atoms with Gasteiger partial charge >= 0.3 is 11.9 Å². The molecular weight excluding hydrogens is 508 g/mol. The SMILES string of the molecule is COc1ccc(-c2coc3cc(O[C@@H]4O[C@H](COC(=O)CC(=O)O)[C@@H](O)[C@H](O)[C@H]4O)cc(O)c3c2=O)cc1. The molecule has 0 aliphatic carbocycles. The summed E-state index contributed by atoms with van der Waals surface area (Å²) in [6.07, 6.45) is -7.94. The van der Waals surface area contributed by atoms with Gasteiger partial charge in [-0.25, -0.2) is 0 Å². The van der Waals surface area contributed by atoms with Gasteiger partial charge in [-0.15, -0.1) is 0 Å². The van der Waals surface area contributed by atoms with Crippen LogP contribution in [0.1, 0.15) is 6.42 Å². The molecule has 0 unspecified atom stereocenters. The summed E-state index contributed by atoms with van der Waals surface area (Å²) in [4.78, 5) is 35.2. The third-order valence-electron chi connectivity index (χ3n) is 5.86. The van der Waals surface area contributed by atoms with Crippen LogP contribution in [0.25, 0.3) is 22.1 Å². The molecular formula is C25H24O13. The lowest BCUT2D eigenvalue weighted by Gasteiger charge is -2.39. The van der Waals surface area contributed by atoms with Gasteiger partial charge in [0.2, 0.25) is 11.7 Å². The second kappa shape index (κ2) is 11.1. The number of carboxylic acids is 1. The lowest BCUT2D eigenvalue weighted by Crippen LogP contribution is -2.60. The van der Waals surface area contributed by atoms with Crippen LogP contribution in [0.4, 0.5) is 0 Å². The number of ether oxygens (including phenoxy) is 4. The van der Waals surface area contributed by atoms with E-state index in [2.05, 4.69) is 0 Å². The van der Waals surface area contributed by atoms with E-state index < -0.39 is 66.9 Å². The summed E-state index contributed by atoms with van der Waals surface area (Å²) in [5.74, 6) is -2.55. The predicted octanol–water partition coefficient (Wildman–Crippen LogP) is 0.378. The molecule has 1 aromatic heterocycles. The maximum Gasteiger partial charge on any atom is 0.317 e. The van der Waals surface area contributed by atoms with Gasteiger partial charge in [-0.1, -0.05) is 12.1 Å². The topological polar surface area (TPSA) is 202 Å². The maximum absolute atomic E-state index is 13.1. The molecule has 13 nitrogen and oxygen atoms in total. The van der Waals surface area contributed by atoms with Gasteiger partial charge in [-0.2, -0.15) is 0 Å². The molecule has 1 aliphatic heterocycles. The fourth-order valence-electron chi connectivity index (χ4n) is 3.88. The number of aliphatic hydroxyl groups excluding tert-OH is 3. The van der Waals surface area contributed by atoms with Gasteiger partial charge in [-0.3, -0.25) is 14.4 Å². The Bertz CT molecular complexity index is 1380. The summed E-state index contributed by atoms with van der Waals surface area (Å²) >= 11 is 0. The van der Waals surface area contributed by atoms with E-state index in [1.54, 1.807) is 24.3 Å². The highest BCUT2D eigenvalue weighted by atomic mass is 16.7. The number of hydrogen-bond acceptors (Lipinski definition) is 12. The first kappa shape index (κ1) is 26.9. The van der Waals surface area contributed by atoms with Gasteiger partial charge < -0.3 is 48.9 Å². The molecule has 2 aromatic carbocycles. The number of aromatic hydroxyl groups is 1. The van der Waals surface area contributed by atoms with Crippen molar-refractivity contribution in [3.05, 3.63) is 52.9 Å². The molecule has 0 bridgehead atoms. The van der Waals surface area contributed by atoms with Crippen LogP contribution in [0.5, 0.6) is 17.2 Å². The Balaban J connectivity index is 1.55. The molecule has 0 saturated carbocycles. The fourth-order valence-corrected chi connectivity index (χ4v) is 3.88. The lowest BCUT2D eigenvalue weighted by atomic mass is 9.99. The average molecular weight is 532 g/mol. The number of rotatable bonds is 8. The third-order valence-corrected chi connectivity index (χ3v) is 5.86. The Morgan fingerprint density at radius 2 is 1.71 bits per heavy atom. The van der Waals surface area contributed by atoms with Crippen LogP contribution in [-0.2, 0) is 19.1 Å². The van der Waals surface area contributed by atoms with Crippen molar-refractivity contribution in [3.8, 4) is 28.4 Å². The minimum absolute atomic E-state index is 0.0488. The number of carboxylic acid groups (broad SMARTS) is 1. The van der Waals surface area contributed by atoms with Gasteiger partial charge in [0.1, 0.15) is 71.9 Å². The van der Waals surface area contributed by atoms with Gasteiger partial charge in [0.25, 0.3) is 0 Å². The molecule has 0 radical (unpaired) electrons. The van der Waals surface area contributed by atoms with Crippen LogP contribution in [0.2, 0.25) is 0 Å². The van der Waals surface area contributed by atoms with Gasteiger partial charge in [0.15, 0.2) is 0 Å². The van der Waals surface area contributed by atoms with Crippen LogP contribution in [0, 0.1) is 0 Å². The molecule has 5 atom stereocenters. The van der Waals surface area contributed by atoms with Crippen molar-refractivity contribution < 1.29 is 58.5 Å². The standard InChI is InChI=1S/C25H24O13/c1-34-12-4-2-11(3-5-12)14-9-35-16-7-13(6-15(26)20(16)21(14)30)37-25-24(33)23(32)22(31)17(38-25)10-36-19(29)8-18(27)28/h2-7,9,17,22-26,31-33H,8,10H2,1H3,(H,27,28)/t17-,22-,23+,24-,25-/m1/s1. The lowest BCUT2D eigenvalue weighted by molar-refractivity contribution is -0.278. The van der Waals surface area contributed by atoms with Crippen LogP contribution < -0.4 is 14.9 Å². The van der Waals surface area contributed by atoms with Crippen LogP contribution in [-0.4, -0.2) is 81.9 Å². The average Bonchev–Trinajstić information content (AvgIpc) is 2.88. The number of benzene rings is 2. The minimum Gasteiger partial charge on any atom is -0.507 e. The second-order valence-corrected chi connectivity index (χ2v) is 8.41. The highest BCUT2D eigenvalue weighted by Crippen LogP contribution is 2.33. The molecule has 4 rings (SSSR count). The van der Waals surface area contributed by atoms with Crippen molar-refractivity contribution in [2.24, 2.45) is 0 Å². The summed E-state index contributed by atoms with van der Waals surface area (Å²) in [5.41, 5.74) is 0.151. The van der Waals surface area contributed by atoms with E-state index in [1.807, 2.05) is 0 Å². The molecule has 1 fully saturated rings. The Kier molecular flexibility index (Phi) is 7.83. The number of phenolic OH excluding ortho intramolecular Hbond substituents is 1. The molecule has 2 heterocycles. The van der Waals surface area contributed by atoms with Crippen molar-refractivity contribution in [2.45, 2.75) is 37.1 Å². The number of hydrogen-bond donors (Lipinski definition) is 5. The molecule has 0 spiro atoms. The van der Waals surface area contributed by atoms with Gasteiger partial charge in [-0.05, 0) is 17.7 Å². The van der Waals surface area contributed by atoms with Crippen molar-refractivity contribution in [2.75, 3.05) is 13.7 Å². The minimum atomic E-state index is -1.78. The van der Waals surface area contributed by atoms with E-state index in [-0.39, 0.29) is 22.3 Å². The highest BCUT2D eigenvalue weighted by Gasteiger charge is 2.45. The normalized spacial score (nSPS) is 23.1. The van der Waals surface area contributed by atoms with E-state index in [1.165, 1.54) is 19.4 Å². The monoisotopic (exact) mass is 532 g/mol. The Morgan fingerprint density at radius 3 is 2.37 bits per heavy atom. The number of phenols is 1. The van der Waals surface area contributed by atoms with E-state index >= 15 is 0 Å². The Hall–Kier alpha value is -4.17. The number of carbonyl (C=O) groups is 2. The Morgan fingerprint density at radius 1 is 1.00 bits per heavy atom. The zero-order valence-electron chi connectivity index (χ0n) is 19.8. The quantitative estimate of drug-likeness (QED) is 0.197. The smallest absolute Gasteiger partial charge is 0.317 e.